The van der Waals surface area contributed by atoms with Crippen molar-refractivity contribution >= 4 is 10.0 Å². The van der Waals surface area contributed by atoms with Crippen LogP contribution in [0.4, 0.5) is 0 Å². The molecule has 0 aromatic heterocycles. The molecule has 6 heteroatoms. The van der Waals surface area contributed by atoms with E-state index in [0.29, 0.717) is 13.1 Å². The lowest BCUT2D eigenvalue weighted by molar-refractivity contribution is 0.188. The molecule has 0 saturated carbocycles. The first kappa shape index (κ1) is 15.0. The van der Waals surface area contributed by atoms with E-state index in [0.717, 1.165) is 26.1 Å². The summed E-state index contributed by atoms with van der Waals surface area (Å²) in [5.41, 5.74) is 0.212. The first-order valence-electron chi connectivity index (χ1n) is 6.81. The SMILES string of the molecule is CCCN1CCN(S(=O)(=O)c2ccccc2C#N)CC1. The summed E-state index contributed by atoms with van der Waals surface area (Å²) in [6.07, 6.45) is 1.07. The van der Waals surface area contributed by atoms with E-state index in [1.54, 1.807) is 18.2 Å². The molecule has 1 fully saturated rings. The van der Waals surface area contributed by atoms with Crippen LogP contribution in [0.5, 0.6) is 0 Å². The highest BCUT2D eigenvalue weighted by Gasteiger charge is 2.29. The van der Waals surface area contributed by atoms with Gasteiger partial charge in [-0.05, 0) is 25.1 Å². The summed E-state index contributed by atoms with van der Waals surface area (Å²) in [6.45, 7) is 5.60. The number of rotatable bonds is 4. The number of hydrogen-bond donors (Lipinski definition) is 0. The van der Waals surface area contributed by atoms with E-state index in [9.17, 15) is 8.42 Å². The van der Waals surface area contributed by atoms with E-state index < -0.39 is 10.0 Å². The van der Waals surface area contributed by atoms with Crippen LogP contribution in [-0.4, -0.2) is 50.3 Å². The van der Waals surface area contributed by atoms with Crippen molar-refractivity contribution in [2.45, 2.75) is 18.2 Å². The highest BCUT2D eigenvalue weighted by Crippen LogP contribution is 2.20. The van der Waals surface area contributed by atoms with Gasteiger partial charge in [0.15, 0.2) is 0 Å². The Morgan fingerprint density at radius 3 is 2.45 bits per heavy atom. The molecular formula is C14H19N3O2S. The first-order chi connectivity index (χ1) is 9.59. The summed E-state index contributed by atoms with van der Waals surface area (Å²) in [6, 6.07) is 8.33. The molecule has 1 aliphatic heterocycles. The third-order valence-corrected chi connectivity index (χ3v) is 5.45. The van der Waals surface area contributed by atoms with Gasteiger partial charge in [-0.1, -0.05) is 19.1 Å². The van der Waals surface area contributed by atoms with Crippen molar-refractivity contribution < 1.29 is 8.42 Å². The summed E-state index contributed by atoms with van der Waals surface area (Å²) in [7, 11) is -3.56. The molecular weight excluding hydrogens is 274 g/mol. The van der Waals surface area contributed by atoms with Crippen molar-refractivity contribution in [3.05, 3.63) is 29.8 Å². The monoisotopic (exact) mass is 293 g/mol. The minimum Gasteiger partial charge on any atom is -0.301 e. The molecule has 1 heterocycles. The lowest BCUT2D eigenvalue weighted by atomic mass is 10.2. The second-order valence-electron chi connectivity index (χ2n) is 4.85. The standard InChI is InChI=1S/C14H19N3O2S/c1-2-7-16-8-10-17(11-9-16)20(18,19)14-6-4-3-5-13(14)12-15/h3-6H,2,7-11H2,1H3. The number of piperazine rings is 1. The maximum absolute atomic E-state index is 12.6. The number of nitrogens with zero attached hydrogens (tertiary/aromatic N) is 3. The van der Waals surface area contributed by atoms with Crippen molar-refractivity contribution in [1.29, 1.82) is 5.26 Å². The van der Waals surface area contributed by atoms with Crippen LogP contribution in [0.1, 0.15) is 18.9 Å². The Hall–Kier alpha value is -1.42. The van der Waals surface area contributed by atoms with Crippen LogP contribution in [0.2, 0.25) is 0 Å². The Bertz CT molecular complexity index is 599. The van der Waals surface area contributed by atoms with Gasteiger partial charge in [0.25, 0.3) is 0 Å². The van der Waals surface area contributed by atoms with Crippen molar-refractivity contribution in [3.63, 3.8) is 0 Å². The zero-order valence-electron chi connectivity index (χ0n) is 11.6. The Labute approximate surface area is 120 Å². The van der Waals surface area contributed by atoms with Crippen LogP contribution in [0.25, 0.3) is 0 Å². The topological polar surface area (TPSA) is 64.4 Å². The molecule has 0 bridgehead atoms. The van der Waals surface area contributed by atoms with Gasteiger partial charge in [0.2, 0.25) is 10.0 Å². The molecule has 0 aliphatic carbocycles. The average molecular weight is 293 g/mol. The van der Waals surface area contributed by atoms with Gasteiger partial charge in [-0.15, -0.1) is 0 Å². The highest BCUT2D eigenvalue weighted by atomic mass is 32.2. The molecule has 0 radical (unpaired) electrons. The molecule has 108 valence electrons. The van der Waals surface area contributed by atoms with Gasteiger partial charge >= 0.3 is 0 Å². The van der Waals surface area contributed by atoms with Crippen LogP contribution >= 0.6 is 0 Å². The van der Waals surface area contributed by atoms with Crippen molar-refractivity contribution in [3.8, 4) is 6.07 Å². The van der Waals surface area contributed by atoms with Gasteiger partial charge in [0.1, 0.15) is 6.07 Å². The summed E-state index contributed by atoms with van der Waals surface area (Å²) < 4.78 is 26.7. The van der Waals surface area contributed by atoms with E-state index in [4.69, 9.17) is 5.26 Å². The average Bonchev–Trinajstić information content (AvgIpc) is 2.48. The maximum atomic E-state index is 12.6. The molecule has 1 aromatic carbocycles. The molecule has 20 heavy (non-hydrogen) atoms. The zero-order valence-corrected chi connectivity index (χ0v) is 12.4. The molecule has 0 N–H and O–H groups in total. The van der Waals surface area contributed by atoms with E-state index in [1.165, 1.54) is 10.4 Å². The summed E-state index contributed by atoms with van der Waals surface area (Å²) in [5, 5.41) is 9.05. The maximum Gasteiger partial charge on any atom is 0.244 e. The number of nitriles is 1. The Morgan fingerprint density at radius 2 is 1.85 bits per heavy atom. The highest BCUT2D eigenvalue weighted by molar-refractivity contribution is 7.89. The molecule has 1 aromatic rings. The molecule has 0 atom stereocenters. The molecule has 0 amide bonds. The van der Waals surface area contributed by atoms with Crippen LogP contribution in [0.3, 0.4) is 0 Å². The van der Waals surface area contributed by atoms with Crippen LogP contribution in [-0.2, 0) is 10.0 Å². The van der Waals surface area contributed by atoms with Gasteiger partial charge in [-0.3, -0.25) is 0 Å². The van der Waals surface area contributed by atoms with Gasteiger partial charge in [-0.2, -0.15) is 9.57 Å². The van der Waals surface area contributed by atoms with Crippen LogP contribution in [0, 0.1) is 11.3 Å². The van der Waals surface area contributed by atoms with Crippen molar-refractivity contribution in [2.75, 3.05) is 32.7 Å². The third-order valence-electron chi connectivity index (χ3n) is 3.50. The second kappa shape index (κ2) is 6.35. The van der Waals surface area contributed by atoms with Gasteiger partial charge < -0.3 is 4.90 Å². The second-order valence-corrected chi connectivity index (χ2v) is 6.76. The number of benzene rings is 1. The van der Waals surface area contributed by atoms with E-state index in [2.05, 4.69) is 11.8 Å². The summed E-state index contributed by atoms with van der Waals surface area (Å²) >= 11 is 0. The molecule has 1 saturated heterocycles. The first-order valence-corrected chi connectivity index (χ1v) is 8.25. The minimum absolute atomic E-state index is 0.117. The Kier molecular flexibility index (Phi) is 4.76. The largest absolute Gasteiger partial charge is 0.301 e. The quantitative estimate of drug-likeness (QED) is 0.838. The van der Waals surface area contributed by atoms with Gasteiger partial charge in [0.05, 0.1) is 10.5 Å². The summed E-state index contributed by atoms with van der Waals surface area (Å²) in [5.74, 6) is 0. The summed E-state index contributed by atoms with van der Waals surface area (Å²) in [4.78, 5) is 2.38. The van der Waals surface area contributed by atoms with Crippen molar-refractivity contribution in [1.82, 2.24) is 9.21 Å². The van der Waals surface area contributed by atoms with Crippen molar-refractivity contribution in [2.24, 2.45) is 0 Å². The molecule has 0 spiro atoms. The normalized spacial score (nSPS) is 17.8. The van der Waals surface area contributed by atoms with Crippen LogP contribution in [0.15, 0.2) is 29.2 Å². The van der Waals surface area contributed by atoms with E-state index >= 15 is 0 Å². The fraction of sp³-hybridized carbons (Fsp3) is 0.500. The zero-order chi connectivity index (χ0) is 14.6. The fourth-order valence-corrected chi connectivity index (χ4v) is 4.00. The predicted molar refractivity (Wildman–Crippen MR) is 76.6 cm³/mol. The minimum atomic E-state index is -3.56. The Balaban J connectivity index is 2.18. The third kappa shape index (κ3) is 3.01. The lowest BCUT2D eigenvalue weighted by Gasteiger charge is -2.33. The van der Waals surface area contributed by atoms with E-state index in [-0.39, 0.29) is 10.5 Å². The predicted octanol–water partition coefficient (Wildman–Crippen LogP) is 1.27. The molecule has 5 nitrogen and oxygen atoms in total. The van der Waals surface area contributed by atoms with Gasteiger partial charge in [0, 0.05) is 26.2 Å². The Morgan fingerprint density at radius 1 is 1.20 bits per heavy atom. The lowest BCUT2D eigenvalue weighted by Crippen LogP contribution is -2.48. The fourth-order valence-electron chi connectivity index (χ4n) is 2.43. The number of hydrogen-bond acceptors (Lipinski definition) is 4. The molecule has 0 unspecified atom stereocenters. The van der Waals surface area contributed by atoms with Crippen LogP contribution < -0.4 is 0 Å². The van der Waals surface area contributed by atoms with Gasteiger partial charge in [-0.25, -0.2) is 8.42 Å². The number of sulfonamides is 1. The molecule has 1 aliphatic rings. The molecule has 2 rings (SSSR count). The smallest absolute Gasteiger partial charge is 0.244 e. The van der Waals surface area contributed by atoms with E-state index in [1.807, 2.05) is 6.07 Å².